The van der Waals surface area contributed by atoms with E-state index in [1.165, 1.54) is 6.07 Å². The Morgan fingerprint density at radius 3 is 2.76 bits per heavy atom. The minimum Gasteiger partial charge on any atom is -0.337 e. The minimum absolute atomic E-state index is 0.00684. The number of carbonyl (C=O) groups is 1. The van der Waals surface area contributed by atoms with Crippen LogP contribution < -0.4 is 5.56 Å². The number of rotatable bonds is 4. The van der Waals surface area contributed by atoms with Gasteiger partial charge in [-0.3, -0.25) is 19.3 Å². The summed E-state index contributed by atoms with van der Waals surface area (Å²) in [5.41, 5.74) is 3.79. The average Bonchev–Trinajstić information content (AvgIpc) is 3.32. The standard InChI is InChI=1S/C21H24N6O2/c1-4-16-13(2)19(26(3)25-16)21(29)27-10-7-15(12-27)20-23-17(11-18(28)24-20)14-5-8-22-9-6-14/h5-6,8-9,11,15H,4,7,10,12H2,1-3H3,(H,23,24,28)/t15-/m0/s1. The lowest BCUT2D eigenvalue weighted by atomic mass is 10.1. The van der Waals surface area contributed by atoms with Crippen molar-refractivity contribution in [2.45, 2.75) is 32.6 Å². The summed E-state index contributed by atoms with van der Waals surface area (Å²) < 4.78 is 1.67. The number of aromatic amines is 1. The monoisotopic (exact) mass is 392 g/mol. The number of nitrogens with one attached hydrogen (secondary N) is 1. The maximum Gasteiger partial charge on any atom is 0.272 e. The van der Waals surface area contributed by atoms with Gasteiger partial charge in [-0.1, -0.05) is 6.92 Å². The minimum atomic E-state index is -0.193. The molecule has 1 fully saturated rings. The quantitative estimate of drug-likeness (QED) is 0.733. The second-order valence-electron chi connectivity index (χ2n) is 7.39. The lowest BCUT2D eigenvalue weighted by Gasteiger charge is -2.17. The highest BCUT2D eigenvalue weighted by atomic mass is 16.2. The number of likely N-dealkylation sites (tertiary alicyclic amines) is 1. The molecule has 8 nitrogen and oxygen atoms in total. The number of carbonyl (C=O) groups excluding carboxylic acids is 1. The molecule has 29 heavy (non-hydrogen) atoms. The van der Waals surface area contributed by atoms with E-state index in [9.17, 15) is 9.59 Å². The van der Waals surface area contributed by atoms with Crippen molar-refractivity contribution in [3.63, 3.8) is 0 Å². The smallest absolute Gasteiger partial charge is 0.272 e. The molecule has 1 aliphatic heterocycles. The average molecular weight is 392 g/mol. The van der Waals surface area contributed by atoms with Gasteiger partial charge in [0.2, 0.25) is 0 Å². The van der Waals surface area contributed by atoms with Crippen LogP contribution in [0.3, 0.4) is 0 Å². The molecule has 1 atom stereocenters. The summed E-state index contributed by atoms with van der Waals surface area (Å²) in [7, 11) is 1.81. The van der Waals surface area contributed by atoms with E-state index in [1.807, 2.05) is 37.9 Å². The van der Waals surface area contributed by atoms with Crippen molar-refractivity contribution < 1.29 is 4.79 Å². The Labute approximate surface area is 168 Å². The fourth-order valence-electron chi connectivity index (χ4n) is 3.98. The molecular weight excluding hydrogens is 368 g/mol. The fourth-order valence-corrected chi connectivity index (χ4v) is 3.98. The van der Waals surface area contributed by atoms with Crippen molar-refractivity contribution in [2.24, 2.45) is 7.05 Å². The van der Waals surface area contributed by atoms with Crippen molar-refractivity contribution in [1.82, 2.24) is 29.6 Å². The van der Waals surface area contributed by atoms with Gasteiger partial charge in [-0.15, -0.1) is 0 Å². The van der Waals surface area contributed by atoms with Gasteiger partial charge in [0.15, 0.2) is 0 Å². The number of H-pyrrole nitrogens is 1. The molecule has 0 unspecified atom stereocenters. The Hall–Kier alpha value is -3.29. The van der Waals surface area contributed by atoms with Gasteiger partial charge in [0.05, 0.1) is 11.4 Å². The lowest BCUT2D eigenvalue weighted by Crippen LogP contribution is -2.31. The zero-order valence-corrected chi connectivity index (χ0v) is 16.8. The van der Waals surface area contributed by atoms with E-state index in [2.05, 4.69) is 20.1 Å². The maximum absolute atomic E-state index is 13.1. The molecule has 0 bridgehead atoms. The van der Waals surface area contributed by atoms with Gasteiger partial charge in [-0.05, 0) is 31.9 Å². The van der Waals surface area contributed by atoms with Crippen LogP contribution in [0.4, 0.5) is 0 Å². The van der Waals surface area contributed by atoms with Gasteiger partial charge in [0, 0.05) is 55.6 Å². The van der Waals surface area contributed by atoms with Crippen LogP contribution in [0.5, 0.6) is 0 Å². The zero-order valence-electron chi connectivity index (χ0n) is 16.8. The first-order chi connectivity index (χ1) is 14.0. The first-order valence-electron chi connectivity index (χ1n) is 9.81. The zero-order chi connectivity index (χ0) is 20.5. The van der Waals surface area contributed by atoms with Crippen LogP contribution in [-0.4, -0.2) is 48.6 Å². The van der Waals surface area contributed by atoms with Crippen LogP contribution in [0.1, 0.15) is 46.8 Å². The summed E-state index contributed by atoms with van der Waals surface area (Å²) in [6.07, 6.45) is 4.90. The van der Waals surface area contributed by atoms with Gasteiger partial charge in [0.25, 0.3) is 11.5 Å². The molecule has 1 aliphatic rings. The number of hydrogen-bond acceptors (Lipinski definition) is 5. The van der Waals surface area contributed by atoms with Crippen LogP contribution in [0.15, 0.2) is 35.4 Å². The topological polar surface area (TPSA) is 96.8 Å². The summed E-state index contributed by atoms with van der Waals surface area (Å²) in [5, 5.41) is 4.46. The van der Waals surface area contributed by atoms with E-state index in [1.54, 1.807) is 17.1 Å². The SMILES string of the molecule is CCc1nn(C)c(C(=O)N2CC[C@H](c3nc(-c4ccncc4)cc(=O)[nH]3)C2)c1C. The summed E-state index contributed by atoms with van der Waals surface area (Å²) in [5.74, 6) is 0.593. The van der Waals surface area contributed by atoms with Gasteiger partial charge in [-0.25, -0.2) is 4.98 Å². The third-order valence-corrected chi connectivity index (χ3v) is 5.52. The molecule has 1 saturated heterocycles. The van der Waals surface area contributed by atoms with Crippen LogP contribution in [0.2, 0.25) is 0 Å². The molecule has 4 rings (SSSR count). The maximum atomic E-state index is 13.1. The Balaban J connectivity index is 1.58. The van der Waals surface area contributed by atoms with E-state index in [0.29, 0.717) is 30.3 Å². The number of amides is 1. The molecule has 0 aliphatic carbocycles. The number of pyridine rings is 1. The van der Waals surface area contributed by atoms with Crippen molar-refractivity contribution in [3.8, 4) is 11.3 Å². The largest absolute Gasteiger partial charge is 0.337 e. The molecule has 3 aromatic heterocycles. The van der Waals surface area contributed by atoms with E-state index >= 15 is 0 Å². The van der Waals surface area contributed by atoms with E-state index in [-0.39, 0.29) is 17.4 Å². The molecular formula is C21H24N6O2. The molecule has 0 spiro atoms. The van der Waals surface area contributed by atoms with E-state index in [0.717, 1.165) is 29.7 Å². The highest BCUT2D eigenvalue weighted by Crippen LogP contribution is 2.27. The number of nitrogens with zero attached hydrogens (tertiary/aromatic N) is 5. The number of hydrogen-bond donors (Lipinski definition) is 1. The second-order valence-corrected chi connectivity index (χ2v) is 7.39. The molecule has 8 heteroatoms. The van der Waals surface area contributed by atoms with E-state index in [4.69, 9.17) is 0 Å². The van der Waals surface area contributed by atoms with Crippen LogP contribution in [-0.2, 0) is 13.5 Å². The Morgan fingerprint density at radius 2 is 2.07 bits per heavy atom. The Bertz CT molecular complexity index is 1100. The summed E-state index contributed by atoms with van der Waals surface area (Å²) in [6, 6.07) is 5.14. The van der Waals surface area contributed by atoms with Crippen molar-refractivity contribution in [1.29, 1.82) is 0 Å². The molecule has 0 saturated carbocycles. The van der Waals surface area contributed by atoms with E-state index < -0.39 is 0 Å². The van der Waals surface area contributed by atoms with Gasteiger partial charge < -0.3 is 9.88 Å². The Morgan fingerprint density at radius 1 is 1.31 bits per heavy atom. The third-order valence-electron chi connectivity index (χ3n) is 5.52. The van der Waals surface area contributed by atoms with Gasteiger partial charge in [-0.2, -0.15) is 5.10 Å². The molecule has 1 amide bonds. The number of aryl methyl sites for hydroxylation is 2. The van der Waals surface area contributed by atoms with Crippen LogP contribution in [0.25, 0.3) is 11.3 Å². The first-order valence-corrected chi connectivity index (χ1v) is 9.81. The molecule has 4 heterocycles. The predicted molar refractivity (Wildman–Crippen MR) is 109 cm³/mol. The summed E-state index contributed by atoms with van der Waals surface area (Å²) in [4.78, 5) is 38.7. The van der Waals surface area contributed by atoms with Gasteiger partial charge in [0.1, 0.15) is 11.5 Å². The predicted octanol–water partition coefficient (Wildman–Crippen LogP) is 2.07. The van der Waals surface area contributed by atoms with Crippen molar-refractivity contribution in [2.75, 3.05) is 13.1 Å². The number of aromatic nitrogens is 5. The second kappa shape index (κ2) is 7.62. The normalized spacial score (nSPS) is 16.4. The molecule has 0 radical (unpaired) electrons. The first kappa shape index (κ1) is 19.0. The summed E-state index contributed by atoms with van der Waals surface area (Å²) >= 11 is 0. The van der Waals surface area contributed by atoms with Crippen molar-refractivity contribution in [3.05, 3.63) is 63.7 Å². The molecule has 0 aromatic carbocycles. The molecule has 150 valence electrons. The highest BCUT2D eigenvalue weighted by Gasteiger charge is 2.32. The highest BCUT2D eigenvalue weighted by molar-refractivity contribution is 5.94. The molecule has 3 aromatic rings. The lowest BCUT2D eigenvalue weighted by molar-refractivity contribution is 0.0779. The van der Waals surface area contributed by atoms with Gasteiger partial charge >= 0.3 is 0 Å². The van der Waals surface area contributed by atoms with Crippen LogP contribution >= 0.6 is 0 Å². The third kappa shape index (κ3) is 3.57. The fraction of sp³-hybridized carbons (Fsp3) is 0.381. The summed E-state index contributed by atoms with van der Waals surface area (Å²) in [6.45, 7) is 5.13. The van der Waals surface area contributed by atoms with Crippen LogP contribution in [0, 0.1) is 6.92 Å². The Kier molecular flexibility index (Phi) is 5.00. The molecule has 1 N–H and O–H groups in total. The van der Waals surface area contributed by atoms with Crippen molar-refractivity contribution >= 4 is 5.91 Å².